The molecular formula is C18H25N. The van der Waals surface area contributed by atoms with E-state index in [1.807, 2.05) is 19.9 Å². The van der Waals surface area contributed by atoms with Crippen LogP contribution >= 0.6 is 0 Å². The van der Waals surface area contributed by atoms with E-state index in [0.717, 1.165) is 19.3 Å². The van der Waals surface area contributed by atoms with Crippen LogP contribution in [0.3, 0.4) is 0 Å². The fourth-order valence-electron chi connectivity index (χ4n) is 1.93. The van der Waals surface area contributed by atoms with Gasteiger partial charge in [0.15, 0.2) is 0 Å². The van der Waals surface area contributed by atoms with E-state index in [4.69, 9.17) is 5.73 Å². The summed E-state index contributed by atoms with van der Waals surface area (Å²) in [7, 11) is 0. The number of hydrogen-bond acceptors (Lipinski definition) is 1. The predicted molar refractivity (Wildman–Crippen MR) is 84.9 cm³/mol. The average Bonchev–Trinajstić information content (AvgIpc) is 2.96. The van der Waals surface area contributed by atoms with E-state index in [1.54, 1.807) is 0 Å². The van der Waals surface area contributed by atoms with E-state index < -0.39 is 0 Å². The molecule has 19 heavy (non-hydrogen) atoms. The van der Waals surface area contributed by atoms with Crippen molar-refractivity contribution in [1.29, 1.82) is 0 Å². The molecule has 0 spiro atoms. The maximum Gasteiger partial charge on any atom is 0.00395 e. The molecule has 2 N–H and O–H groups in total. The van der Waals surface area contributed by atoms with Crippen molar-refractivity contribution in [3.05, 3.63) is 59.4 Å². The topological polar surface area (TPSA) is 26.0 Å². The van der Waals surface area contributed by atoms with Gasteiger partial charge in [0, 0.05) is 6.04 Å². The highest BCUT2D eigenvalue weighted by molar-refractivity contribution is 5.78. The van der Waals surface area contributed by atoms with Gasteiger partial charge < -0.3 is 5.73 Å². The minimum atomic E-state index is 0.318. The van der Waals surface area contributed by atoms with Crippen LogP contribution in [-0.4, -0.2) is 6.04 Å². The van der Waals surface area contributed by atoms with Crippen LogP contribution in [0, 0.1) is 0 Å². The molecule has 0 radical (unpaired) electrons. The highest BCUT2D eigenvalue weighted by Crippen LogP contribution is 2.24. The smallest absolute Gasteiger partial charge is 0.00395 e. The molecule has 0 aromatic heterocycles. The van der Waals surface area contributed by atoms with Gasteiger partial charge in [-0.05, 0) is 48.1 Å². The number of allylic oxidation sites excluding steroid dienone is 3. The lowest BCUT2D eigenvalue weighted by Gasteiger charge is -2.06. The molecule has 1 aromatic rings. The summed E-state index contributed by atoms with van der Waals surface area (Å²) in [5.74, 6) is 0. The number of rotatable bonds is 5. The second kappa shape index (κ2) is 8.53. The van der Waals surface area contributed by atoms with Crippen LogP contribution < -0.4 is 5.73 Å². The lowest BCUT2D eigenvalue weighted by atomic mass is 10.0. The summed E-state index contributed by atoms with van der Waals surface area (Å²) in [6, 6.07) is 10.7. The Labute approximate surface area is 117 Å². The minimum absolute atomic E-state index is 0.318. The van der Waals surface area contributed by atoms with E-state index in [1.165, 1.54) is 16.7 Å². The fourth-order valence-corrected chi connectivity index (χ4v) is 1.93. The zero-order valence-electron chi connectivity index (χ0n) is 12.3. The zero-order valence-corrected chi connectivity index (χ0v) is 12.3. The first-order valence-electron chi connectivity index (χ1n) is 7.28. The lowest BCUT2D eigenvalue weighted by molar-refractivity contribution is 0.597. The number of hydrogen-bond donors (Lipinski definition) is 1. The molecule has 0 aliphatic heterocycles. The maximum atomic E-state index is 5.92. The van der Waals surface area contributed by atoms with Crippen molar-refractivity contribution in [3.63, 3.8) is 0 Å². The third-order valence-corrected chi connectivity index (χ3v) is 3.16. The van der Waals surface area contributed by atoms with Gasteiger partial charge in [-0.25, -0.2) is 0 Å². The summed E-state index contributed by atoms with van der Waals surface area (Å²) >= 11 is 0. The van der Waals surface area contributed by atoms with Crippen LogP contribution in [0.1, 0.15) is 45.6 Å². The predicted octanol–water partition coefficient (Wildman–Crippen LogP) is 4.71. The summed E-state index contributed by atoms with van der Waals surface area (Å²) in [5, 5.41) is 0. The van der Waals surface area contributed by atoms with Gasteiger partial charge in [-0.3, -0.25) is 0 Å². The quantitative estimate of drug-likeness (QED) is 0.758. The molecule has 0 bridgehead atoms. The van der Waals surface area contributed by atoms with Gasteiger partial charge in [0.1, 0.15) is 0 Å². The van der Waals surface area contributed by atoms with E-state index >= 15 is 0 Å². The van der Waals surface area contributed by atoms with Gasteiger partial charge >= 0.3 is 0 Å². The molecule has 0 saturated heterocycles. The van der Waals surface area contributed by atoms with Crippen molar-refractivity contribution in [1.82, 2.24) is 0 Å². The minimum Gasteiger partial charge on any atom is -0.328 e. The molecule has 2 rings (SSSR count). The molecule has 1 unspecified atom stereocenters. The Kier molecular flexibility index (Phi) is 6.95. The molecule has 1 atom stereocenters. The molecule has 1 aromatic carbocycles. The molecule has 102 valence electrons. The van der Waals surface area contributed by atoms with E-state index in [-0.39, 0.29) is 0 Å². The van der Waals surface area contributed by atoms with Crippen LogP contribution in [0.5, 0.6) is 0 Å². The first-order chi connectivity index (χ1) is 9.29. The Morgan fingerprint density at radius 3 is 2.47 bits per heavy atom. The summed E-state index contributed by atoms with van der Waals surface area (Å²) < 4.78 is 0. The SMILES string of the molecule is CC.CCC(N)CCC1=C=CC(c2ccccc2)=C1. The van der Waals surface area contributed by atoms with Crippen LogP contribution in [0.4, 0.5) is 0 Å². The van der Waals surface area contributed by atoms with Gasteiger partial charge in [-0.15, -0.1) is 5.73 Å². The monoisotopic (exact) mass is 255 g/mol. The van der Waals surface area contributed by atoms with Gasteiger partial charge in [0.25, 0.3) is 0 Å². The molecule has 1 aliphatic rings. The molecule has 1 heteroatoms. The number of nitrogens with two attached hydrogens (primary N) is 1. The first-order valence-corrected chi connectivity index (χ1v) is 7.28. The van der Waals surface area contributed by atoms with E-state index in [2.05, 4.69) is 49.1 Å². The standard InChI is InChI=1S/C16H19N.C2H6/c1-2-16(17)11-9-13-8-10-15(12-13)14-6-4-3-5-7-14;1-2/h3-7,10,12,16H,2,9,11,17H2,1H3;1-2H3. The van der Waals surface area contributed by atoms with Gasteiger partial charge in [-0.2, -0.15) is 0 Å². The molecule has 1 aliphatic carbocycles. The van der Waals surface area contributed by atoms with E-state index in [0.29, 0.717) is 6.04 Å². The Balaban J connectivity index is 0.000000861. The van der Waals surface area contributed by atoms with Crippen LogP contribution in [0.25, 0.3) is 5.57 Å². The summed E-state index contributed by atoms with van der Waals surface area (Å²) in [6.07, 6.45) is 7.42. The second-order valence-electron chi connectivity index (χ2n) is 4.49. The zero-order chi connectivity index (χ0) is 14.1. The van der Waals surface area contributed by atoms with Crippen LogP contribution in [0.2, 0.25) is 0 Å². The lowest BCUT2D eigenvalue weighted by Crippen LogP contribution is -2.17. The Morgan fingerprint density at radius 1 is 1.16 bits per heavy atom. The first kappa shape index (κ1) is 15.5. The Bertz CT molecular complexity index is 462. The summed E-state index contributed by atoms with van der Waals surface area (Å²) in [5.41, 5.74) is 13.0. The molecule has 0 amide bonds. The average molecular weight is 255 g/mol. The molecule has 0 saturated carbocycles. The normalized spacial score (nSPS) is 14.3. The Morgan fingerprint density at radius 2 is 1.84 bits per heavy atom. The third kappa shape index (κ3) is 4.90. The summed E-state index contributed by atoms with van der Waals surface area (Å²) in [4.78, 5) is 0. The fraction of sp³-hybridized carbons (Fsp3) is 0.389. The molecule has 1 nitrogen and oxygen atoms in total. The van der Waals surface area contributed by atoms with E-state index in [9.17, 15) is 0 Å². The molecule has 0 heterocycles. The molecular weight excluding hydrogens is 230 g/mol. The van der Waals surface area contributed by atoms with Crippen molar-refractivity contribution in [2.24, 2.45) is 5.73 Å². The van der Waals surface area contributed by atoms with Crippen molar-refractivity contribution in [3.8, 4) is 0 Å². The van der Waals surface area contributed by atoms with Crippen molar-refractivity contribution >= 4 is 5.57 Å². The van der Waals surface area contributed by atoms with Crippen LogP contribution in [-0.2, 0) is 0 Å². The Hall–Kier alpha value is -1.56. The largest absolute Gasteiger partial charge is 0.328 e. The van der Waals surface area contributed by atoms with Gasteiger partial charge in [-0.1, -0.05) is 51.1 Å². The molecule has 0 fully saturated rings. The van der Waals surface area contributed by atoms with Crippen molar-refractivity contribution in [2.45, 2.75) is 46.1 Å². The maximum absolute atomic E-state index is 5.92. The van der Waals surface area contributed by atoms with Gasteiger partial charge in [0.05, 0.1) is 0 Å². The summed E-state index contributed by atoms with van der Waals surface area (Å²) in [6.45, 7) is 6.13. The van der Waals surface area contributed by atoms with Gasteiger partial charge in [0.2, 0.25) is 0 Å². The highest BCUT2D eigenvalue weighted by atomic mass is 14.6. The second-order valence-corrected chi connectivity index (χ2v) is 4.49. The van der Waals surface area contributed by atoms with Crippen molar-refractivity contribution in [2.75, 3.05) is 0 Å². The number of benzene rings is 1. The van der Waals surface area contributed by atoms with Crippen molar-refractivity contribution < 1.29 is 0 Å². The van der Waals surface area contributed by atoms with Crippen LogP contribution in [0.15, 0.2) is 53.8 Å². The highest BCUT2D eigenvalue weighted by Gasteiger charge is 2.06. The third-order valence-electron chi connectivity index (χ3n) is 3.16.